The molecule has 1 aliphatic carbocycles. The quantitative estimate of drug-likeness (QED) is 0.680. The number of thioether (sulfide) groups is 1. The highest BCUT2D eigenvalue weighted by Gasteiger charge is 2.12. The third-order valence-corrected chi connectivity index (χ3v) is 3.73. The van der Waals surface area contributed by atoms with Crippen molar-refractivity contribution in [1.82, 2.24) is 0 Å². The van der Waals surface area contributed by atoms with Gasteiger partial charge in [0.1, 0.15) is 0 Å². The number of fused-ring (bicyclic) bond motifs is 1. The van der Waals surface area contributed by atoms with Gasteiger partial charge in [0.2, 0.25) is 0 Å². The van der Waals surface area contributed by atoms with E-state index in [1.54, 1.807) is 11.8 Å². The predicted octanol–water partition coefficient (Wildman–Crippen LogP) is 4.41. The van der Waals surface area contributed by atoms with E-state index in [1.807, 2.05) is 0 Å². The van der Waals surface area contributed by atoms with E-state index in [2.05, 4.69) is 60.1 Å². The van der Waals surface area contributed by atoms with Crippen LogP contribution in [-0.2, 0) is 6.42 Å². The minimum atomic E-state index is 1.08. The van der Waals surface area contributed by atoms with Gasteiger partial charge in [-0.1, -0.05) is 60.3 Å². The molecule has 16 heavy (non-hydrogen) atoms. The van der Waals surface area contributed by atoms with Crippen molar-refractivity contribution in [2.75, 3.05) is 0 Å². The second kappa shape index (κ2) is 4.18. The minimum absolute atomic E-state index is 1.08. The summed E-state index contributed by atoms with van der Waals surface area (Å²) in [6.45, 7) is 0. The van der Waals surface area contributed by atoms with Crippen molar-refractivity contribution in [3.63, 3.8) is 0 Å². The molecular weight excluding hydrogens is 212 g/mol. The van der Waals surface area contributed by atoms with Gasteiger partial charge in [0.25, 0.3) is 0 Å². The molecule has 0 aromatic heterocycles. The zero-order valence-electron chi connectivity index (χ0n) is 8.89. The molecule has 1 aromatic rings. The van der Waals surface area contributed by atoms with E-state index >= 15 is 0 Å². The first-order valence-electron chi connectivity index (χ1n) is 5.44. The maximum atomic E-state index is 2.24. The van der Waals surface area contributed by atoms with E-state index in [0.29, 0.717) is 0 Å². The van der Waals surface area contributed by atoms with E-state index in [-0.39, 0.29) is 0 Å². The van der Waals surface area contributed by atoms with Crippen LogP contribution in [0, 0.1) is 0 Å². The van der Waals surface area contributed by atoms with Gasteiger partial charge >= 0.3 is 0 Å². The summed E-state index contributed by atoms with van der Waals surface area (Å²) >= 11 is 1.79. The fourth-order valence-corrected chi connectivity index (χ4v) is 2.84. The monoisotopic (exact) mass is 224 g/mol. The highest BCUT2D eigenvalue weighted by Crippen LogP contribution is 2.35. The number of benzene rings is 1. The zero-order valence-corrected chi connectivity index (χ0v) is 9.71. The Morgan fingerprint density at radius 3 is 3.06 bits per heavy atom. The van der Waals surface area contributed by atoms with Crippen LogP contribution in [-0.4, -0.2) is 0 Å². The summed E-state index contributed by atoms with van der Waals surface area (Å²) in [4.78, 5) is 1.33. The van der Waals surface area contributed by atoms with Crippen LogP contribution in [0.4, 0.5) is 0 Å². The van der Waals surface area contributed by atoms with E-state index in [0.717, 1.165) is 6.42 Å². The number of hydrogen-bond donors (Lipinski definition) is 0. The van der Waals surface area contributed by atoms with Crippen LogP contribution >= 0.6 is 11.8 Å². The largest absolute Gasteiger partial charge is 0.0974 e. The first kappa shape index (κ1) is 9.73. The second-order valence-electron chi connectivity index (χ2n) is 3.85. The Labute approximate surface area is 100 Å². The summed E-state index contributed by atoms with van der Waals surface area (Å²) in [7, 11) is 0. The Balaban J connectivity index is 2.10. The van der Waals surface area contributed by atoms with Crippen LogP contribution < -0.4 is 0 Å². The highest BCUT2D eigenvalue weighted by molar-refractivity contribution is 8.10. The fourth-order valence-electron chi connectivity index (χ4n) is 2.06. The average molecular weight is 224 g/mol. The molecule has 0 N–H and O–H groups in total. The van der Waals surface area contributed by atoms with Gasteiger partial charge in [-0.15, -0.1) is 0 Å². The predicted molar refractivity (Wildman–Crippen MR) is 73.0 cm³/mol. The Kier molecular flexibility index (Phi) is 2.55. The van der Waals surface area contributed by atoms with E-state index in [1.165, 1.54) is 21.6 Å². The average Bonchev–Trinajstić information content (AvgIpc) is 2.63. The maximum Gasteiger partial charge on any atom is 0.0194 e. The van der Waals surface area contributed by atoms with Crippen molar-refractivity contribution in [3.05, 3.63) is 70.7 Å². The summed E-state index contributed by atoms with van der Waals surface area (Å²) in [5, 5.41) is 2.13. The molecule has 0 amide bonds. The fraction of sp³-hybridized carbons (Fsp3) is 0.0667. The van der Waals surface area contributed by atoms with E-state index in [4.69, 9.17) is 0 Å². The molecule has 0 spiro atoms. The van der Waals surface area contributed by atoms with Gasteiger partial charge in [0, 0.05) is 4.91 Å². The summed E-state index contributed by atoms with van der Waals surface area (Å²) in [5.74, 6) is 0. The first-order valence-corrected chi connectivity index (χ1v) is 6.32. The molecular formula is C15H12S. The molecule has 2 aliphatic rings. The van der Waals surface area contributed by atoms with Crippen LogP contribution in [0.1, 0.15) is 16.7 Å². The van der Waals surface area contributed by atoms with Crippen molar-refractivity contribution in [3.8, 4) is 0 Å². The lowest BCUT2D eigenvalue weighted by Gasteiger charge is -2.09. The topological polar surface area (TPSA) is 0 Å². The molecule has 3 rings (SSSR count). The van der Waals surface area contributed by atoms with Crippen molar-refractivity contribution < 1.29 is 0 Å². The molecule has 0 unspecified atom stereocenters. The third-order valence-electron chi connectivity index (χ3n) is 2.83. The minimum Gasteiger partial charge on any atom is -0.0974 e. The molecule has 78 valence electrons. The van der Waals surface area contributed by atoms with Gasteiger partial charge in [-0.25, -0.2) is 0 Å². The lowest BCUT2D eigenvalue weighted by Crippen LogP contribution is -1.88. The first-order chi connectivity index (χ1) is 7.95. The van der Waals surface area contributed by atoms with Crippen molar-refractivity contribution in [1.29, 1.82) is 0 Å². The lowest BCUT2D eigenvalue weighted by molar-refractivity contribution is 1.31. The maximum absolute atomic E-state index is 2.24. The Hall–Kier alpha value is -1.47. The van der Waals surface area contributed by atoms with Crippen molar-refractivity contribution >= 4 is 22.7 Å². The summed E-state index contributed by atoms with van der Waals surface area (Å²) in [5.41, 5.74) is 4.19. The standard InChI is InChI=1S/C15H12S/c1-2-10-15(16-11-3-1)14-9-5-7-12-6-4-8-13(12)14/h1-5,7-11H,6H2. The lowest BCUT2D eigenvalue weighted by atomic mass is 10.0. The summed E-state index contributed by atoms with van der Waals surface area (Å²) < 4.78 is 0. The number of allylic oxidation sites excluding steroid dienone is 5. The van der Waals surface area contributed by atoms with Gasteiger partial charge in [0.05, 0.1) is 0 Å². The molecule has 0 radical (unpaired) electrons. The summed E-state index contributed by atoms with van der Waals surface area (Å²) in [6.07, 6.45) is 14.0. The van der Waals surface area contributed by atoms with Crippen LogP contribution in [0.25, 0.3) is 11.0 Å². The van der Waals surface area contributed by atoms with Gasteiger partial charge in [-0.2, -0.15) is 0 Å². The summed E-state index contributed by atoms with van der Waals surface area (Å²) in [6, 6.07) is 6.58. The molecule has 0 fully saturated rings. The molecule has 0 bridgehead atoms. The molecule has 0 nitrogen and oxygen atoms in total. The van der Waals surface area contributed by atoms with Crippen molar-refractivity contribution in [2.45, 2.75) is 6.42 Å². The Morgan fingerprint density at radius 1 is 1.06 bits per heavy atom. The molecule has 0 saturated carbocycles. The van der Waals surface area contributed by atoms with Gasteiger partial charge < -0.3 is 0 Å². The molecule has 1 aliphatic heterocycles. The van der Waals surface area contributed by atoms with Crippen LogP contribution in [0.15, 0.2) is 54.0 Å². The van der Waals surface area contributed by atoms with E-state index in [9.17, 15) is 0 Å². The normalized spacial score (nSPS) is 17.1. The smallest absolute Gasteiger partial charge is 0.0194 e. The highest BCUT2D eigenvalue weighted by atomic mass is 32.2. The van der Waals surface area contributed by atoms with E-state index < -0.39 is 0 Å². The molecule has 1 heterocycles. The third kappa shape index (κ3) is 1.68. The molecule has 0 atom stereocenters. The Morgan fingerprint density at radius 2 is 2.06 bits per heavy atom. The zero-order chi connectivity index (χ0) is 10.8. The van der Waals surface area contributed by atoms with Crippen LogP contribution in [0.5, 0.6) is 0 Å². The second-order valence-corrected chi connectivity index (χ2v) is 4.79. The van der Waals surface area contributed by atoms with Crippen LogP contribution in [0.3, 0.4) is 0 Å². The number of rotatable bonds is 1. The molecule has 0 saturated heterocycles. The van der Waals surface area contributed by atoms with Crippen molar-refractivity contribution in [2.24, 2.45) is 0 Å². The Bertz CT molecular complexity index is 530. The van der Waals surface area contributed by atoms with Gasteiger partial charge in [-0.3, -0.25) is 0 Å². The molecule has 1 heteroatoms. The van der Waals surface area contributed by atoms with Gasteiger partial charge in [-0.05, 0) is 34.6 Å². The van der Waals surface area contributed by atoms with Gasteiger partial charge in [0.15, 0.2) is 0 Å². The van der Waals surface area contributed by atoms with Crippen LogP contribution in [0.2, 0.25) is 0 Å². The molecule has 1 aromatic carbocycles. The number of hydrogen-bond acceptors (Lipinski definition) is 1. The SMILES string of the molecule is C1=CC=C(c2cccc3c2C=CC3)SC=C1.